The topological polar surface area (TPSA) is 104 Å². The number of Topliss-reactive ketones (excluding diaryl/α,β-unsaturated/α-hetero) is 1. The molecule has 0 amide bonds. The van der Waals surface area contributed by atoms with E-state index < -0.39 is 27.0 Å². The summed E-state index contributed by atoms with van der Waals surface area (Å²) in [5.41, 5.74) is 0. The van der Waals surface area contributed by atoms with Gasteiger partial charge in [0, 0.05) is 6.42 Å². The van der Waals surface area contributed by atoms with Crippen LogP contribution in [-0.2, 0) is 24.3 Å². The van der Waals surface area contributed by atoms with Crippen LogP contribution < -0.4 is 5.14 Å². The summed E-state index contributed by atoms with van der Waals surface area (Å²) < 4.78 is 26.5. The predicted molar refractivity (Wildman–Crippen MR) is 53.4 cm³/mol. The summed E-state index contributed by atoms with van der Waals surface area (Å²) in [5.74, 6) is -1.82. The summed E-state index contributed by atoms with van der Waals surface area (Å²) in [6.45, 7) is 3.22. The molecule has 0 aromatic heterocycles. The van der Waals surface area contributed by atoms with Crippen LogP contribution in [0.1, 0.15) is 26.7 Å². The lowest BCUT2D eigenvalue weighted by Gasteiger charge is -2.11. The van der Waals surface area contributed by atoms with Gasteiger partial charge in [-0.15, -0.1) is 0 Å². The third kappa shape index (κ3) is 4.39. The lowest BCUT2D eigenvalue weighted by molar-refractivity contribution is -0.144. The minimum atomic E-state index is -4.23. The first kappa shape index (κ1) is 14.1. The van der Waals surface area contributed by atoms with E-state index in [9.17, 15) is 18.0 Å². The van der Waals surface area contributed by atoms with E-state index in [1.165, 1.54) is 6.92 Å². The van der Waals surface area contributed by atoms with Gasteiger partial charge in [-0.1, -0.05) is 6.92 Å². The summed E-state index contributed by atoms with van der Waals surface area (Å²) in [6, 6.07) is 0. The number of nitrogens with two attached hydrogens (primary N) is 1. The van der Waals surface area contributed by atoms with Crippen LogP contribution in [0.15, 0.2) is 0 Å². The number of ketones is 1. The predicted octanol–water partition coefficient (Wildman–Crippen LogP) is -0.424. The maximum Gasteiger partial charge on any atom is 0.333 e. The molecule has 0 saturated heterocycles. The molecule has 0 aliphatic rings. The zero-order valence-corrected chi connectivity index (χ0v) is 9.54. The summed E-state index contributed by atoms with van der Waals surface area (Å²) in [4.78, 5) is 22.6. The highest BCUT2D eigenvalue weighted by Crippen LogP contribution is 2.06. The Balaban J connectivity index is 4.91. The first-order valence-corrected chi connectivity index (χ1v) is 6.16. The van der Waals surface area contributed by atoms with E-state index in [4.69, 9.17) is 5.14 Å². The summed E-state index contributed by atoms with van der Waals surface area (Å²) in [6.07, 6.45) is 0.435. The largest absolute Gasteiger partial charge is 0.465 e. The number of carbonyl (C=O) groups excluding carboxylic acids is 2. The molecule has 0 aromatic carbocycles. The minimum Gasteiger partial charge on any atom is -0.465 e. The molecule has 0 spiro atoms. The second-order valence-corrected chi connectivity index (χ2v) is 4.59. The molecular weight excluding hydrogens is 222 g/mol. The number of hydrogen-bond donors (Lipinski definition) is 1. The fourth-order valence-electron chi connectivity index (χ4n) is 1.04. The molecule has 6 nitrogen and oxygen atoms in total. The van der Waals surface area contributed by atoms with Gasteiger partial charge in [0.1, 0.15) is 0 Å². The highest BCUT2D eigenvalue weighted by atomic mass is 32.2. The molecule has 0 rings (SSSR count). The van der Waals surface area contributed by atoms with Gasteiger partial charge in [0.15, 0.2) is 5.78 Å². The number of ether oxygens (including phenoxy) is 1. The van der Waals surface area contributed by atoms with Crippen LogP contribution >= 0.6 is 0 Å². The third-order valence-corrected chi connectivity index (χ3v) is 2.73. The summed E-state index contributed by atoms with van der Waals surface area (Å²) in [5, 5.41) is 2.92. The Kier molecular flexibility index (Phi) is 5.45. The quantitative estimate of drug-likeness (QED) is 0.499. The molecule has 0 aromatic rings. The third-order valence-electron chi connectivity index (χ3n) is 1.62. The van der Waals surface area contributed by atoms with E-state index in [1.807, 2.05) is 0 Å². The van der Waals surface area contributed by atoms with Crippen molar-refractivity contribution < 1.29 is 22.7 Å². The van der Waals surface area contributed by atoms with Crippen molar-refractivity contribution in [3.05, 3.63) is 0 Å². The van der Waals surface area contributed by atoms with Gasteiger partial charge in [-0.05, 0) is 13.3 Å². The molecule has 0 saturated carbocycles. The lowest BCUT2D eigenvalue weighted by Crippen LogP contribution is -2.43. The molecule has 7 heteroatoms. The standard InChI is InChI=1S/C8H15NO5S/c1-3-5-6(10)7(15(9,12)13)8(11)14-4-2/h7H,3-5H2,1-2H3,(H2,9,12,13). The average molecular weight is 237 g/mol. The van der Waals surface area contributed by atoms with E-state index in [2.05, 4.69) is 4.74 Å². The number of esters is 1. The van der Waals surface area contributed by atoms with Crippen molar-refractivity contribution in [2.24, 2.45) is 5.14 Å². The van der Waals surface area contributed by atoms with Gasteiger partial charge in [0.25, 0.3) is 0 Å². The molecule has 2 N–H and O–H groups in total. The molecular formula is C8H15NO5S. The number of primary sulfonamides is 1. The molecule has 0 radical (unpaired) electrons. The minimum absolute atomic E-state index is 0.00422. The van der Waals surface area contributed by atoms with Gasteiger partial charge in [-0.2, -0.15) is 0 Å². The Labute approximate surface area is 88.8 Å². The lowest BCUT2D eigenvalue weighted by atomic mass is 10.2. The number of carbonyl (C=O) groups is 2. The van der Waals surface area contributed by atoms with Gasteiger partial charge in [0.2, 0.25) is 15.3 Å². The summed E-state index contributed by atoms with van der Waals surface area (Å²) >= 11 is 0. The Morgan fingerprint density at radius 2 is 1.87 bits per heavy atom. The molecule has 15 heavy (non-hydrogen) atoms. The highest BCUT2D eigenvalue weighted by molar-refractivity contribution is 7.91. The van der Waals surface area contributed by atoms with Crippen LogP contribution in [0.4, 0.5) is 0 Å². The zero-order valence-electron chi connectivity index (χ0n) is 8.73. The first-order chi connectivity index (χ1) is 6.84. The van der Waals surface area contributed by atoms with Crippen LogP contribution in [-0.4, -0.2) is 32.0 Å². The maximum atomic E-state index is 11.3. The smallest absolute Gasteiger partial charge is 0.333 e. The van der Waals surface area contributed by atoms with Crippen LogP contribution in [0.25, 0.3) is 0 Å². The van der Waals surface area contributed by atoms with Crippen LogP contribution in [0.3, 0.4) is 0 Å². The van der Waals surface area contributed by atoms with Crippen molar-refractivity contribution in [3.63, 3.8) is 0 Å². The SMILES string of the molecule is CCCC(=O)C(C(=O)OCC)S(N)(=O)=O. The fourth-order valence-corrected chi connectivity index (χ4v) is 1.86. The average Bonchev–Trinajstić information content (AvgIpc) is 2.01. The van der Waals surface area contributed by atoms with Crippen molar-refractivity contribution in [2.75, 3.05) is 6.61 Å². The van der Waals surface area contributed by atoms with E-state index >= 15 is 0 Å². The Bertz CT molecular complexity index is 317. The van der Waals surface area contributed by atoms with Crippen LogP contribution in [0.2, 0.25) is 0 Å². The molecule has 0 aliphatic heterocycles. The molecule has 0 bridgehead atoms. The number of rotatable bonds is 6. The van der Waals surface area contributed by atoms with Crippen LogP contribution in [0.5, 0.6) is 0 Å². The molecule has 88 valence electrons. The molecule has 1 atom stereocenters. The van der Waals surface area contributed by atoms with Crippen LogP contribution in [0, 0.1) is 0 Å². The maximum absolute atomic E-state index is 11.3. The Morgan fingerprint density at radius 3 is 2.20 bits per heavy atom. The first-order valence-electron chi connectivity index (χ1n) is 4.55. The number of sulfonamides is 1. The van der Waals surface area contributed by atoms with Crippen molar-refractivity contribution in [1.29, 1.82) is 0 Å². The van der Waals surface area contributed by atoms with Gasteiger partial charge in [-0.25, -0.2) is 13.6 Å². The Morgan fingerprint density at radius 1 is 1.33 bits per heavy atom. The monoisotopic (exact) mass is 237 g/mol. The zero-order chi connectivity index (χ0) is 12.1. The van der Waals surface area contributed by atoms with E-state index in [0.29, 0.717) is 6.42 Å². The van der Waals surface area contributed by atoms with Crippen molar-refractivity contribution >= 4 is 21.8 Å². The second kappa shape index (κ2) is 5.82. The van der Waals surface area contributed by atoms with Gasteiger partial charge in [0.05, 0.1) is 6.61 Å². The molecule has 1 unspecified atom stereocenters. The normalized spacial score (nSPS) is 13.3. The molecule has 0 heterocycles. The summed E-state index contributed by atoms with van der Waals surface area (Å²) in [7, 11) is -4.23. The van der Waals surface area contributed by atoms with Crippen molar-refractivity contribution in [2.45, 2.75) is 31.9 Å². The molecule has 0 fully saturated rings. The van der Waals surface area contributed by atoms with E-state index in [1.54, 1.807) is 6.92 Å². The molecule has 0 aliphatic carbocycles. The Hall–Kier alpha value is -0.950. The number of hydrogen-bond acceptors (Lipinski definition) is 5. The van der Waals surface area contributed by atoms with Crippen molar-refractivity contribution in [3.8, 4) is 0 Å². The van der Waals surface area contributed by atoms with E-state index in [0.717, 1.165) is 0 Å². The highest BCUT2D eigenvalue weighted by Gasteiger charge is 2.37. The fraction of sp³-hybridized carbons (Fsp3) is 0.750. The van der Waals surface area contributed by atoms with Gasteiger partial charge < -0.3 is 4.74 Å². The van der Waals surface area contributed by atoms with Gasteiger partial charge in [-0.3, -0.25) is 9.59 Å². The van der Waals surface area contributed by atoms with E-state index in [-0.39, 0.29) is 13.0 Å². The second-order valence-electron chi connectivity index (χ2n) is 2.94. The van der Waals surface area contributed by atoms with Gasteiger partial charge >= 0.3 is 5.97 Å². The van der Waals surface area contributed by atoms with Crippen molar-refractivity contribution in [1.82, 2.24) is 0 Å².